The summed E-state index contributed by atoms with van der Waals surface area (Å²) in [5, 5.41) is 6.35. The van der Waals surface area contributed by atoms with E-state index in [0.29, 0.717) is 11.1 Å². The molecule has 3 nitrogen and oxygen atoms in total. The number of hydrogen-bond acceptors (Lipinski definition) is 2. The van der Waals surface area contributed by atoms with Crippen LogP contribution in [0.15, 0.2) is 18.2 Å². The Bertz CT molecular complexity index is 531. The number of fused-ring (bicyclic) bond motifs is 1. The first-order valence-electron chi connectivity index (χ1n) is 5.77. The molecule has 0 fully saturated rings. The predicted octanol–water partition coefficient (Wildman–Crippen LogP) is 3.49. The van der Waals surface area contributed by atoms with Gasteiger partial charge >= 0.3 is 0 Å². The van der Waals surface area contributed by atoms with Crippen molar-refractivity contribution in [3.63, 3.8) is 0 Å². The first kappa shape index (κ1) is 12.4. The molecule has 2 rings (SSSR count). The topological polar surface area (TPSA) is 43.8 Å². The molecule has 0 saturated carbocycles. The summed E-state index contributed by atoms with van der Waals surface area (Å²) >= 11 is 6.04. The van der Waals surface area contributed by atoms with Crippen LogP contribution >= 0.6 is 11.6 Å². The molecule has 0 amide bonds. The van der Waals surface area contributed by atoms with Crippen LogP contribution in [0.5, 0.6) is 0 Å². The van der Waals surface area contributed by atoms with Gasteiger partial charge < -0.3 is 5.73 Å². The molecule has 2 aromatic rings. The predicted molar refractivity (Wildman–Crippen MR) is 72.0 cm³/mol. The molecule has 17 heavy (non-hydrogen) atoms. The molecule has 1 heterocycles. The molecule has 0 aliphatic heterocycles. The van der Waals surface area contributed by atoms with E-state index in [-0.39, 0.29) is 6.04 Å². The molecule has 91 valence electrons. The quantitative estimate of drug-likeness (QED) is 0.906. The van der Waals surface area contributed by atoms with E-state index < -0.39 is 0 Å². The van der Waals surface area contributed by atoms with E-state index >= 15 is 0 Å². The van der Waals surface area contributed by atoms with E-state index in [1.807, 2.05) is 36.2 Å². The summed E-state index contributed by atoms with van der Waals surface area (Å²) in [7, 11) is 0. The zero-order valence-electron chi connectivity index (χ0n) is 10.3. The lowest BCUT2D eigenvalue weighted by atomic mass is 10.1. The van der Waals surface area contributed by atoms with Gasteiger partial charge in [0.1, 0.15) is 0 Å². The van der Waals surface area contributed by atoms with Crippen molar-refractivity contribution in [1.29, 1.82) is 0 Å². The molecular formula is C13H17ClN3. The number of aromatic nitrogens is 2. The van der Waals surface area contributed by atoms with Gasteiger partial charge in [0.15, 0.2) is 0 Å². The Labute approximate surface area is 107 Å². The van der Waals surface area contributed by atoms with Gasteiger partial charge in [-0.05, 0) is 38.5 Å². The fraction of sp³-hybridized carbons (Fsp3) is 0.385. The SMILES string of the molecule is C[CH]C(N)c1nn(C(C)C)c2ccc(Cl)cc12. The average Bonchev–Trinajstić information content (AvgIpc) is 2.66. The summed E-state index contributed by atoms with van der Waals surface area (Å²) in [6.45, 7) is 6.15. The minimum absolute atomic E-state index is 0.157. The number of rotatable bonds is 3. The third-order valence-electron chi connectivity index (χ3n) is 2.86. The van der Waals surface area contributed by atoms with Gasteiger partial charge in [-0.3, -0.25) is 4.68 Å². The first-order chi connectivity index (χ1) is 8.04. The Morgan fingerprint density at radius 2 is 2.12 bits per heavy atom. The minimum Gasteiger partial charge on any atom is -0.322 e. The van der Waals surface area contributed by atoms with E-state index in [1.165, 1.54) is 0 Å². The van der Waals surface area contributed by atoms with Crippen molar-refractivity contribution in [2.45, 2.75) is 32.9 Å². The maximum Gasteiger partial charge on any atom is 0.0873 e. The highest BCUT2D eigenvalue weighted by Gasteiger charge is 2.17. The Morgan fingerprint density at radius 1 is 1.41 bits per heavy atom. The maximum atomic E-state index is 6.05. The molecule has 0 aliphatic rings. The van der Waals surface area contributed by atoms with Crippen molar-refractivity contribution in [2.24, 2.45) is 5.73 Å². The number of nitrogens with two attached hydrogens (primary N) is 1. The van der Waals surface area contributed by atoms with Crippen LogP contribution in [-0.2, 0) is 0 Å². The second-order valence-corrected chi connectivity index (χ2v) is 4.88. The summed E-state index contributed by atoms with van der Waals surface area (Å²) in [4.78, 5) is 0. The minimum atomic E-state index is -0.157. The zero-order valence-corrected chi connectivity index (χ0v) is 11.1. The molecule has 1 radical (unpaired) electrons. The summed E-state index contributed by atoms with van der Waals surface area (Å²) < 4.78 is 1.99. The van der Waals surface area contributed by atoms with Crippen LogP contribution in [0.1, 0.15) is 38.5 Å². The second kappa shape index (κ2) is 4.67. The molecule has 0 spiro atoms. The van der Waals surface area contributed by atoms with Crippen LogP contribution < -0.4 is 5.73 Å². The normalized spacial score (nSPS) is 13.5. The maximum absolute atomic E-state index is 6.05. The van der Waals surface area contributed by atoms with E-state index in [0.717, 1.165) is 16.6 Å². The molecule has 4 heteroatoms. The molecule has 1 aromatic heterocycles. The van der Waals surface area contributed by atoms with Crippen molar-refractivity contribution in [3.05, 3.63) is 35.3 Å². The fourth-order valence-corrected chi connectivity index (χ4v) is 2.11. The summed E-state index contributed by atoms with van der Waals surface area (Å²) in [5.41, 5.74) is 8.02. The van der Waals surface area contributed by atoms with E-state index in [1.54, 1.807) is 0 Å². The molecule has 1 atom stereocenters. The molecule has 2 N–H and O–H groups in total. The fourth-order valence-electron chi connectivity index (χ4n) is 1.93. The highest BCUT2D eigenvalue weighted by molar-refractivity contribution is 6.31. The third-order valence-corrected chi connectivity index (χ3v) is 3.10. The van der Waals surface area contributed by atoms with E-state index in [9.17, 15) is 0 Å². The smallest absolute Gasteiger partial charge is 0.0873 e. The van der Waals surface area contributed by atoms with Gasteiger partial charge in [-0.25, -0.2) is 0 Å². The molecule has 0 bridgehead atoms. The summed E-state index contributed by atoms with van der Waals surface area (Å²) in [5.74, 6) is 0. The van der Waals surface area contributed by atoms with Gasteiger partial charge in [-0.1, -0.05) is 18.5 Å². The summed E-state index contributed by atoms with van der Waals surface area (Å²) in [6, 6.07) is 5.96. The highest BCUT2D eigenvalue weighted by Crippen LogP contribution is 2.28. The zero-order chi connectivity index (χ0) is 12.6. The lowest BCUT2D eigenvalue weighted by Crippen LogP contribution is -2.11. The number of benzene rings is 1. The number of hydrogen-bond donors (Lipinski definition) is 1. The Hall–Kier alpha value is -1.06. The van der Waals surface area contributed by atoms with Gasteiger partial charge in [-0.15, -0.1) is 0 Å². The third kappa shape index (κ3) is 2.17. The van der Waals surface area contributed by atoms with Crippen LogP contribution in [0.25, 0.3) is 10.9 Å². The largest absolute Gasteiger partial charge is 0.322 e. The van der Waals surface area contributed by atoms with Gasteiger partial charge in [-0.2, -0.15) is 5.10 Å². The Morgan fingerprint density at radius 3 is 2.71 bits per heavy atom. The van der Waals surface area contributed by atoms with E-state index in [2.05, 4.69) is 18.9 Å². The number of halogens is 1. The molecule has 1 aromatic carbocycles. The van der Waals surface area contributed by atoms with Crippen molar-refractivity contribution in [1.82, 2.24) is 9.78 Å². The molecule has 0 saturated heterocycles. The van der Waals surface area contributed by atoms with Gasteiger partial charge in [0.2, 0.25) is 0 Å². The van der Waals surface area contributed by atoms with Crippen LogP contribution in [0.4, 0.5) is 0 Å². The Balaban J connectivity index is 2.71. The summed E-state index contributed by atoms with van der Waals surface area (Å²) in [6.07, 6.45) is 1.94. The van der Waals surface area contributed by atoms with E-state index in [4.69, 9.17) is 17.3 Å². The Kier molecular flexibility index (Phi) is 3.40. The van der Waals surface area contributed by atoms with Gasteiger partial charge in [0.25, 0.3) is 0 Å². The van der Waals surface area contributed by atoms with Crippen molar-refractivity contribution >= 4 is 22.5 Å². The highest BCUT2D eigenvalue weighted by atomic mass is 35.5. The second-order valence-electron chi connectivity index (χ2n) is 4.44. The molecule has 1 unspecified atom stereocenters. The molecular weight excluding hydrogens is 234 g/mol. The van der Waals surface area contributed by atoms with Crippen LogP contribution in [-0.4, -0.2) is 9.78 Å². The van der Waals surface area contributed by atoms with Crippen molar-refractivity contribution in [2.75, 3.05) is 0 Å². The van der Waals surface area contributed by atoms with Crippen LogP contribution in [0.2, 0.25) is 5.02 Å². The lowest BCUT2D eigenvalue weighted by molar-refractivity contribution is 0.539. The standard InChI is InChI=1S/C13H17ClN3/c1-4-11(15)13-10-7-9(14)5-6-12(10)17(16-13)8(2)3/h4-8,11H,15H2,1-3H3. The van der Waals surface area contributed by atoms with Gasteiger partial charge in [0, 0.05) is 16.5 Å². The molecule has 0 aliphatic carbocycles. The van der Waals surface area contributed by atoms with Crippen LogP contribution in [0.3, 0.4) is 0 Å². The van der Waals surface area contributed by atoms with Crippen LogP contribution in [0, 0.1) is 6.42 Å². The van der Waals surface area contributed by atoms with Crippen molar-refractivity contribution < 1.29 is 0 Å². The average molecular weight is 251 g/mol. The first-order valence-corrected chi connectivity index (χ1v) is 6.15. The van der Waals surface area contributed by atoms with Gasteiger partial charge in [0.05, 0.1) is 17.3 Å². The van der Waals surface area contributed by atoms with Crippen molar-refractivity contribution in [3.8, 4) is 0 Å². The monoisotopic (exact) mass is 250 g/mol. The lowest BCUT2D eigenvalue weighted by Gasteiger charge is -2.07. The number of nitrogens with zero attached hydrogens (tertiary/aromatic N) is 2.